The second kappa shape index (κ2) is 2.45. The normalized spacial score (nSPS) is 12.2. The molecule has 0 atom stereocenters. The molecular weight excluding hydrogens is 183 g/mol. The predicted octanol–water partition coefficient (Wildman–Crippen LogP) is 1.98. The van der Waals surface area contributed by atoms with E-state index < -0.39 is 11.9 Å². The number of aromatic nitrogens is 3. The van der Waals surface area contributed by atoms with Crippen LogP contribution in [0.2, 0.25) is 0 Å². The Balaban J connectivity index is 2.75. The standard InChI is InChI=1S/C7H4F3N3/c8-7(9,10)6-5-4(1-2-11-6)12-3-13-5/h1-3H,(H,12,13). The van der Waals surface area contributed by atoms with Gasteiger partial charge < -0.3 is 4.98 Å². The molecule has 3 nitrogen and oxygen atoms in total. The average Bonchev–Trinajstić information content (AvgIpc) is 2.48. The van der Waals surface area contributed by atoms with Gasteiger partial charge in [-0.1, -0.05) is 0 Å². The van der Waals surface area contributed by atoms with Gasteiger partial charge in [0.15, 0.2) is 5.69 Å². The van der Waals surface area contributed by atoms with Crippen molar-refractivity contribution in [3.05, 3.63) is 24.3 Å². The number of fused-ring (bicyclic) bond motifs is 1. The Bertz CT molecular complexity index is 432. The van der Waals surface area contributed by atoms with Crippen LogP contribution in [0.1, 0.15) is 5.69 Å². The van der Waals surface area contributed by atoms with Crippen LogP contribution in [0.4, 0.5) is 13.2 Å². The first-order chi connectivity index (χ1) is 6.09. The predicted molar refractivity (Wildman–Crippen MR) is 38.9 cm³/mol. The van der Waals surface area contributed by atoms with Crippen molar-refractivity contribution in [3.63, 3.8) is 0 Å². The Morgan fingerprint density at radius 2 is 2.00 bits per heavy atom. The molecule has 0 aliphatic rings. The highest BCUT2D eigenvalue weighted by Crippen LogP contribution is 2.31. The molecule has 6 heteroatoms. The van der Waals surface area contributed by atoms with Crippen LogP contribution < -0.4 is 0 Å². The van der Waals surface area contributed by atoms with E-state index in [1.807, 2.05) is 0 Å². The Hall–Kier alpha value is -1.59. The van der Waals surface area contributed by atoms with Crippen molar-refractivity contribution in [3.8, 4) is 0 Å². The first-order valence-electron chi connectivity index (χ1n) is 3.44. The lowest BCUT2D eigenvalue weighted by atomic mass is 10.3. The SMILES string of the molecule is FC(F)(F)c1nccc2[nH]cnc12. The minimum Gasteiger partial charge on any atom is -0.344 e. The number of aromatic amines is 1. The number of imidazole rings is 1. The van der Waals surface area contributed by atoms with E-state index >= 15 is 0 Å². The van der Waals surface area contributed by atoms with E-state index in [2.05, 4.69) is 15.0 Å². The molecule has 0 spiro atoms. The molecule has 0 unspecified atom stereocenters. The highest BCUT2D eigenvalue weighted by atomic mass is 19.4. The Kier molecular flexibility index (Phi) is 1.51. The zero-order chi connectivity index (χ0) is 9.47. The number of H-pyrrole nitrogens is 1. The van der Waals surface area contributed by atoms with Gasteiger partial charge in [-0.25, -0.2) is 9.97 Å². The highest BCUT2D eigenvalue weighted by Gasteiger charge is 2.35. The minimum absolute atomic E-state index is 0.144. The molecule has 2 rings (SSSR count). The first-order valence-corrected chi connectivity index (χ1v) is 3.44. The third-order valence-corrected chi connectivity index (χ3v) is 1.61. The van der Waals surface area contributed by atoms with Gasteiger partial charge in [-0.2, -0.15) is 13.2 Å². The largest absolute Gasteiger partial charge is 0.435 e. The second-order valence-corrected chi connectivity index (χ2v) is 2.46. The summed E-state index contributed by atoms with van der Waals surface area (Å²) in [6, 6.07) is 1.44. The second-order valence-electron chi connectivity index (χ2n) is 2.46. The third-order valence-electron chi connectivity index (χ3n) is 1.61. The van der Waals surface area contributed by atoms with Crippen molar-refractivity contribution in [2.75, 3.05) is 0 Å². The first kappa shape index (κ1) is 8.03. The zero-order valence-corrected chi connectivity index (χ0v) is 6.26. The lowest BCUT2D eigenvalue weighted by Crippen LogP contribution is -2.08. The number of nitrogens with one attached hydrogen (secondary N) is 1. The van der Waals surface area contributed by atoms with Crippen molar-refractivity contribution in [1.29, 1.82) is 0 Å². The van der Waals surface area contributed by atoms with Crippen LogP contribution in [0.15, 0.2) is 18.6 Å². The van der Waals surface area contributed by atoms with Gasteiger partial charge in [0, 0.05) is 6.20 Å². The Labute approximate surface area is 70.6 Å². The average molecular weight is 187 g/mol. The smallest absolute Gasteiger partial charge is 0.344 e. The monoisotopic (exact) mass is 187 g/mol. The Morgan fingerprint density at radius 3 is 2.69 bits per heavy atom. The topological polar surface area (TPSA) is 41.6 Å². The number of nitrogens with zero attached hydrogens (tertiary/aromatic N) is 2. The molecule has 0 aliphatic carbocycles. The van der Waals surface area contributed by atoms with Crippen LogP contribution in [0.5, 0.6) is 0 Å². The van der Waals surface area contributed by atoms with E-state index in [0.29, 0.717) is 5.52 Å². The lowest BCUT2D eigenvalue weighted by molar-refractivity contribution is -0.139. The van der Waals surface area contributed by atoms with E-state index in [0.717, 1.165) is 6.20 Å². The molecular formula is C7H4F3N3. The maximum Gasteiger partial charge on any atom is 0.435 e. The molecule has 2 heterocycles. The van der Waals surface area contributed by atoms with Gasteiger partial charge in [-0.15, -0.1) is 0 Å². The fourth-order valence-corrected chi connectivity index (χ4v) is 1.07. The number of pyridine rings is 1. The van der Waals surface area contributed by atoms with Crippen LogP contribution in [0.25, 0.3) is 11.0 Å². The van der Waals surface area contributed by atoms with Crippen molar-refractivity contribution >= 4 is 11.0 Å². The van der Waals surface area contributed by atoms with Crippen LogP contribution in [-0.2, 0) is 6.18 Å². The van der Waals surface area contributed by atoms with Gasteiger partial charge >= 0.3 is 6.18 Å². The Morgan fingerprint density at radius 1 is 1.23 bits per heavy atom. The summed E-state index contributed by atoms with van der Waals surface area (Å²) in [6.45, 7) is 0. The van der Waals surface area contributed by atoms with Crippen LogP contribution in [-0.4, -0.2) is 15.0 Å². The van der Waals surface area contributed by atoms with Crippen molar-refractivity contribution < 1.29 is 13.2 Å². The quantitative estimate of drug-likeness (QED) is 0.685. The number of hydrogen-bond donors (Lipinski definition) is 1. The molecule has 2 aromatic heterocycles. The molecule has 0 saturated heterocycles. The molecule has 0 fully saturated rings. The van der Waals surface area contributed by atoms with Gasteiger partial charge in [-0.3, -0.25) is 0 Å². The van der Waals surface area contributed by atoms with E-state index in [1.165, 1.54) is 12.4 Å². The summed E-state index contributed by atoms with van der Waals surface area (Å²) in [7, 11) is 0. The van der Waals surface area contributed by atoms with E-state index in [-0.39, 0.29) is 5.52 Å². The number of rotatable bonds is 0. The van der Waals surface area contributed by atoms with Crippen molar-refractivity contribution in [2.24, 2.45) is 0 Å². The van der Waals surface area contributed by atoms with Crippen LogP contribution in [0, 0.1) is 0 Å². The zero-order valence-electron chi connectivity index (χ0n) is 6.26. The third kappa shape index (κ3) is 1.24. The molecule has 0 aromatic carbocycles. The molecule has 1 N–H and O–H groups in total. The molecule has 68 valence electrons. The summed E-state index contributed by atoms with van der Waals surface area (Å²) in [6.07, 6.45) is -2.14. The van der Waals surface area contributed by atoms with Crippen LogP contribution >= 0.6 is 0 Å². The molecule has 2 aromatic rings. The summed E-state index contributed by atoms with van der Waals surface area (Å²) in [5.74, 6) is 0. The molecule has 0 radical (unpaired) electrons. The van der Waals surface area contributed by atoms with Gasteiger partial charge in [0.2, 0.25) is 0 Å². The summed E-state index contributed by atoms with van der Waals surface area (Å²) >= 11 is 0. The molecule has 0 saturated carbocycles. The van der Waals surface area contributed by atoms with Gasteiger partial charge in [0.05, 0.1) is 11.8 Å². The number of hydrogen-bond acceptors (Lipinski definition) is 2. The van der Waals surface area contributed by atoms with Crippen LogP contribution in [0.3, 0.4) is 0 Å². The summed E-state index contributed by atoms with van der Waals surface area (Å²) in [5.41, 5.74) is -0.761. The fourth-order valence-electron chi connectivity index (χ4n) is 1.07. The van der Waals surface area contributed by atoms with E-state index in [9.17, 15) is 13.2 Å². The van der Waals surface area contributed by atoms with E-state index in [1.54, 1.807) is 0 Å². The summed E-state index contributed by atoms with van der Waals surface area (Å²) in [4.78, 5) is 9.37. The lowest BCUT2D eigenvalue weighted by Gasteiger charge is -2.04. The summed E-state index contributed by atoms with van der Waals surface area (Å²) < 4.78 is 36.8. The van der Waals surface area contributed by atoms with Gasteiger partial charge in [-0.05, 0) is 6.07 Å². The number of halogens is 3. The summed E-state index contributed by atoms with van der Waals surface area (Å²) in [5, 5.41) is 0. The molecule has 0 aliphatic heterocycles. The van der Waals surface area contributed by atoms with Gasteiger partial charge in [0.25, 0.3) is 0 Å². The van der Waals surface area contributed by atoms with Crippen molar-refractivity contribution in [1.82, 2.24) is 15.0 Å². The molecule has 0 bridgehead atoms. The molecule has 13 heavy (non-hydrogen) atoms. The number of alkyl halides is 3. The highest BCUT2D eigenvalue weighted by molar-refractivity contribution is 5.76. The molecule has 0 amide bonds. The minimum atomic E-state index is -4.45. The van der Waals surface area contributed by atoms with E-state index in [4.69, 9.17) is 0 Å². The van der Waals surface area contributed by atoms with Crippen molar-refractivity contribution in [2.45, 2.75) is 6.18 Å². The maximum absolute atomic E-state index is 12.3. The maximum atomic E-state index is 12.3. The fraction of sp³-hybridized carbons (Fsp3) is 0.143. The van der Waals surface area contributed by atoms with Gasteiger partial charge in [0.1, 0.15) is 5.52 Å².